The molecule has 4 rings (SSSR count). The number of halogens is 1. The van der Waals surface area contributed by atoms with Gasteiger partial charge in [0.05, 0.1) is 12.0 Å². The van der Waals surface area contributed by atoms with E-state index in [1.54, 1.807) is 41.8 Å². The number of fused-ring (bicyclic) bond motifs is 1. The van der Waals surface area contributed by atoms with Crippen LogP contribution in [0.15, 0.2) is 72.2 Å². The molecule has 1 amide bonds. The SMILES string of the molecule is O=C(N=CN(NCCc1cnc[nH]1)c1cccc2[nH]ccc12)c1cccc(Cl)c1. The molecule has 0 radical (unpaired) electrons. The molecule has 0 aliphatic heterocycles. The molecule has 2 aromatic carbocycles. The van der Waals surface area contributed by atoms with Gasteiger partial charge < -0.3 is 9.97 Å². The van der Waals surface area contributed by atoms with Crippen LogP contribution in [-0.4, -0.2) is 33.7 Å². The fourth-order valence-electron chi connectivity index (χ4n) is 3.01. The van der Waals surface area contributed by atoms with E-state index < -0.39 is 0 Å². The molecule has 2 aromatic heterocycles. The van der Waals surface area contributed by atoms with E-state index >= 15 is 0 Å². The van der Waals surface area contributed by atoms with E-state index in [0.717, 1.165) is 28.7 Å². The average molecular weight is 407 g/mol. The van der Waals surface area contributed by atoms with Crippen LogP contribution in [0.2, 0.25) is 5.02 Å². The number of carbonyl (C=O) groups excluding carboxylic acids is 1. The van der Waals surface area contributed by atoms with Crippen molar-refractivity contribution < 1.29 is 4.79 Å². The number of benzene rings is 2. The summed E-state index contributed by atoms with van der Waals surface area (Å²) in [5, 5.41) is 3.27. The Hall–Kier alpha value is -3.42. The van der Waals surface area contributed by atoms with Crippen LogP contribution in [0.1, 0.15) is 16.1 Å². The normalized spacial score (nSPS) is 11.3. The van der Waals surface area contributed by atoms with E-state index in [2.05, 4.69) is 25.4 Å². The first-order valence-electron chi connectivity index (χ1n) is 9.11. The van der Waals surface area contributed by atoms with Gasteiger partial charge in [-0.1, -0.05) is 23.7 Å². The topological polar surface area (TPSA) is 89.2 Å². The molecule has 0 saturated heterocycles. The smallest absolute Gasteiger partial charge is 0.278 e. The first kappa shape index (κ1) is 18.9. The van der Waals surface area contributed by atoms with E-state index in [9.17, 15) is 4.79 Å². The van der Waals surface area contributed by atoms with Crippen molar-refractivity contribution in [1.82, 2.24) is 20.4 Å². The van der Waals surface area contributed by atoms with Crippen LogP contribution in [0, 0.1) is 0 Å². The number of H-pyrrole nitrogens is 2. The summed E-state index contributed by atoms with van der Waals surface area (Å²) in [7, 11) is 0. The third kappa shape index (κ3) is 4.53. The van der Waals surface area contributed by atoms with Crippen LogP contribution in [0.25, 0.3) is 10.9 Å². The largest absolute Gasteiger partial charge is 0.361 e. The van der Waals surface area contributed by atoms with Crippen LogP contribution >= 0.6 is 11.6 Å². The number of aliphatic imine (C=N–C) groups is 1. The second-order valence-corrected chi connectivity index (χ2v) is 6.82. The third-order valence-electron chi connectivity index (χ3n) is 4.42. The summed E-state index contributed by atoms with van der Waals surface area (Å²) in [6, 6.07) is 14.6. The van der Waals surface area contributed by atoms with E-state index in [1.807, 2.05) is 30.5 Å². The lowest BCUT2D eigenvalue weighted by Gasteiger charge is -2.21. The number of hydrogen-bond donors (Lipinski definition) is 3. The highest BCUT2D eigenvalue weighted by atomic mass is 35.5. The van der Waals surface area contributed by atoms with E-state index in [-0.39, 0.29) is 5.91 Å². The van der Waals surface area contributed by atoms with Gasteiger partial charge in [0.25, 0.3) is 5.91 Å². The molecule has 0 aliphatic rings. The summed E-state index contributed by atoms with van der Waals surface area (Å²) < 4.78 is 0. The number of rotatable bonds is 7. The second-order valence-electron chi connectivity index (χ2n) is 6.38. The maximum absolute atomic E-state index is 12.5. The number of amides is 1. The number of aromatic amines is 2. The van der Waals surface area contributed by atoms with Crippen molar-refractivity contribution in [2.45, 2.75) is 6.42 Å². The van der Waals surface area contributed by atoms with Gasteiger partial charge in [-0.25, -0.2) is 10.4 Å². The van der Waals surface area contributed by atoms with Gasteiger partial charge in [-0.2, -0.15) is 4.99 Å². The molecular formula is C21H19ClN6O. The van der Waals surface area contributed by atoms with Crippen molar-refractivity contribution in [3.8, 4) is 0 Å². The van der Waals surface area contributed by atoms with Crippen molar-refractivity contribution in [2.24, 2.45) is 4.99 Å². The molecule has 0 spiro atoms. The van der Waals surface area contributed by atoms with Crippen LogP contribution in [0.4, 0.5) is 5.69 Å². The van der Waals surface area contributed by atoms with Crippen molar-refractivity contribution in [3.63, 3.8) is 0 Å². The van der Waals surface area contributed by atoms with E-state index in [4.69, 9.17) is 11.6 Å². The fraction of sp³-hybridized carbons (Fsp3) is 0.0952. The van der Waals surface area contributed by atoms with Gasteiger partial charge in [0.1, 0.15) is 6.34 Å². The Morgan fingerprint density at radius 3 is 2.93 bits per heavy atom. The molecule has 8 heteroatoms. The van der Waals surface area contributed by atoms with Gasteiger partial charge in [-0.05, 0) is 36.4 Å². The van der Waals surface area contributed by atoms with Gasteiger partial charge in [0, 0.05) is 52.5 Å². The first-order valence-corrected chi connectivity index (χ1v) is 9.49. The Morgan fingerprint density at radius 1 is 1.21 bits per heavy atom. The summed E-state index contributed by atoms with van der Waals surface area (Å²) in [4.78, 5) is 26.9. The minimum atomic E-state index is -0.367. The van der Waals surface area contributed by atoms with Crippen LogP contribution in [-0.2, 0) is 6.42 Å². The molecule has 146 valence electrons. The number of aromatic nitrogens is 3. The zero-order valence-corrected chi connectivity index (χ0v) is 16.2. The molecule has 4 aromatic rings. The van der Waals surface area contributed by atoms with Crippen LogP contribution < -0.4 is 10.4 Å². The quantitative estimate of drug-likeness (QED) is 0.246. The molecule has 3 N–H and O–H groups in total. The van der Waals surface area contributed by atoms with Crippen LogP contribution in [0.3, 0.4) is 0 Å². The molecule has 29 heavy (non-hydrogen) atoms. The molecule has 0 fully saturated rings. The Bertz CT molecular complexity index is 1140. The van der Waals surface area contributed by atoms with Gasteiger partial charge in [0.15, 0.2) is 0 Å². The van der Waals surface area contributed by atoms with Gasteiger partial charge >= 0.3 is 0 Å². The number of hydrazine groups is 1. The summed E-state index contributed by atoms with van der Waals surface area (Å²) in [5.74, 6) is -0.367. The number of hydrogen-bond acceptors (Lipinski definition) is 3. The minimum Gasteiger partial charge on any atom is -0.361 e. The zero-order chi connectivity index (χ0) is 20.1. The molecule has 0 unspecified atom stereocenters. The highest BCUT2D eigenvalue weighted by Crippen LogP contribution is 2.24. The fourth-order valence-corrected chi connectivity index (χ4v) is 3.20. The number of anilines is 1. The maximum atomic E-state index is 12.5. The molecule has 0 bridgehead atoms. The number of nitrogens with one attached hydrogen (secondary N) is 3. The summed E-state index contributed by atoms with van der Waals surface area (Å²) in [6.07, 6.45) is 7.56. The third-order valence-corrected chi connectivity index (χ3v) is 4.66. The Labute approximate surface area is 172 Å². The van der Waals surface area contributed by atoms with Crippen LogP contribution in [0.5, 0.6) is 0 Å². The predicted molar refractivity (Wildman–Crippen MR) is 115 cm³/mol. The van der Waals surface area contributed by atoms with Crippen molar-refractivity contribution >= 4 is 40.4 Å². The highest BCUT2D eigenvalue weighted by Gasteiger charge is 2.11. The average Bonchev–Trinajstić information content (AvgIpc) is 3.42. The molecule has 0 saturated carbocycles. The lowest BCUT2D eigenvalue weighted by molar-refractivity contribution is 0.100. The van der Waals surface area contributed by atoms with Crippen molar-refractivity contribution in [2.75, 3.05) is 11.6 Å². The Balaban J connectivity index is 1.57. The van der Waals surface area contributed by atoms with Crippen molar-refractivity contribution in [1.29, 1.82) is 0 Å². The molecule has 0 aliphatic carbocycles. The monoisotopic (exact) mass is 406 g/mol. The first-order chi connectivity index (χ1) is 14.2. The maximum Gasteiger partial charge on any atom is 0.278 e. The number of imidazole rings is 1. The van der Waals surface area contributed by atoms with Gasteiger partial charge in [0.2, 0.25) is 0 Å². The van der Waals surface area contributed by atoms with Gasteiger partial charge in [-0.15, -0.1) is 0 Å². The van der Waals surface area contributed by atoms with Gasteiger partial charge in [-0.3, -0.25) is 9.80 Å². The summed E-state index contributed by atoms with van der Waals surface area (Å²) in [6.45, 7) is 0.625. The predicted octanol–water partition coefficient (Wildman–Crippen LogP) is 3.97. The lowest BCUT2D eigenvalue weighted by Crippen LogP contribution is -2.38. The molecule has 2 heterocycles. The molecule has 0 atom stereocenters. The minimum absolute atomic E-state index is 0.367. The summed E-state index contributed by atoms with van der Waals surface area (Å²) >= 11 is 5.98. The molecular weight excluding hydrogens is 388 g/mol. The van der Waals surface area contributed by atoms with E-state index in [1.165, 1.54) is 6.34 Å². The second kappa shape index (κ2) is 8.72. The Kier molecular flexibility index (Phi) is 5.69. The number of nitrogens with zero attached hydrogens (tertiary/aromatic N) is 3. The number of carbonyl (C=O) groups is 1. The molecule has 7 nitrogen and oxygen atoms in total. The van der Waals surface area contributed by atoms with Crippen molar-refractivity contribution in [3.05, 3.63) is 83.5 Å². The standard InChI is InChI=1S/C21H19ClN6O/c22-16-4-1-3-15(11-16)21(29)26-14-28(27-10-7-17-12-23-13-25-17)20-6-2-5-19-18(20)8-9-24-19/h1-6,8-9,11-14,24,27H,7,10H2,(H,23,25). The highest BCUT2D eigenvalue weighted by molar-refractivity contribution is 6.31. The lowest BCUT2D eigenvalue weighted by atomic mass is 10.2. The Morgan fingerprint density at radius 2 is 2.10 bits per heavy atom. The summed E-state index contributed by atoms with van der Waals surface area (Å²) in [5.41, 5.74) is 6.66. The zero-order valence-electron chi connectivity index (χ0n) is 15.5. The van der Waals surface area contributed by atoms with E-state index in [0.29, 0.717) is 17.1 Å².